The molecule has 2 amide bonds. The van der Waals surface area contributed by atoms with Gasteiger partial charge in [0.25, 0.3) is 0 Å². The molecule has 0 fully saturated rings. The number of amides is 2. The summed E-state index contributed by atoms with van der Waals surface area (Å²) in [6, 6.07) is 9.61. The zero-order chi connectivity index (χ0) is 23.8. The number of benzene rings is 2. The fourth-order valence-electron chi connectivity index (χ4n) is 2.64. The van der Waals surface area contributed by atoms with Crippen LogP contribution in [0.4, 0.5) is 23.2 Å². The lowest BCUT2D eigenvalue weighted by Crippen LogP contribution is -2.19. The lowest BCUT2D eigenvalue weighted by Gasteiger charge is -2.12. The molecule has 0 atom stereocenters. The van der Waals surface area contributed by atoms with Gasteiger partial charge in [0.15, 0.2) is 0 Å². The second-order valence-corrected chi connectivity index (χ2v) is 6.49. The molecule has 0 saturated heterocycles. The van der Waals surface area contributed by atoms with Gasteiger partial charge in [0.05, 0.1) is 18.4 Å². The van der Waals surface area contributed by atoms with Crippen molar-refractivity contribution in [2.75, 3.05) is 18.5 Å². The maximum Gasteiger partial charge on any atom is 0.432 e. The Kier molecular flexibility index (Phi) is 7.30. The molecule has 1 heterocycles. The van der Waals surface area contributed by atoms with E-state index in [4.69, 9.17) is 4.74 Å². The smallest absolute Gasteiger partial charge is 0.432 e. The zero-order valence-corrected chi connectivity index (χ0v) is 16.8. The Morgan fingerprint density at radius 3 is 2.73 bits per heavy atom. The third-order valence-corrected chi connectivity index (χ3v) is 4.11. The molecule has 11 heteroatoms. The quantitative estimate of drug-likeness (QED) is 0.218. The van der Waals surface area contributed by atoms with Gasteiger partial charge in [-0.3, -0.25) is 9.59 Å². The van der Waals surface area contributed by atoms with E-state index in [1.807, 2.05) is 0 Å². The summed E-state index contributed by atoms with van der Waals surface area (Å²) in [5.41, 5.74) is -0.380. The van der Waals surface area contributed by atoms with Crippen LogP contribution in [0.1, 0.15) is 11.3 Å². The summed E-state index contributed by atoms with van der Waals surface area (Å²) in [5, 5.41) is 4.91. The number of alkyl halides is 3. The van der Waals surface area contributed by atoms with Crippen LogP contribution in [0.3, 0.4) is 0 Å². The molecule has 2 aromatic carbocycles. The summed E-state index contributed by atoms with van der Waals surface area (Å²) in [7, 11) is 0. The van der Waals surface area contributed by atoms with Crippen LogP contribution < -0.4 is 15.4 Å². The van der Waals surface area contributed by atoms with Gasteiger partial charge in [-0.15, -0.1) is 0 Å². The maximum atomic E-state index is 13.3. The monoisotopic (exact) mass is 460 g/mol. The molecule has 7 nitrogen and oxygen atoms in total. The standard InChI is InChI=1S/C22H16F4N4O3/c23-16-3-1-2-14(10-16)4-7-20(32)29-17-11-15(5-6-18(17)33-9-8-27-13-31)21-28-12-19(30-21)22(24,25)26/h1-3,5-6,10-13H,8-9H2,(H,27,31)(H,28,30)(H,29,32). The van der Waals surface area contributed by atoms with Gasteiger partial charge in [0, 0.05) is 17.0 Å². The molecule has 0 aliphatic heterocycles. The topological polar surface area (TPSA) is 96.1 Å². The SMILES string of the molecule is O=CNCCOc1ccc(-c2ncc(C(F)(F)F)[nH]2)cc1NC(=O)C#Cc1cccc(F)c1. The number of nitrogens with zero attached hydrogens (tertiary/aromatic N) is 1. The van der Waals surface area contributed by atoms with Gasteiger partial charge >= 0.3 is 12.1 Å². The van der Waals surface area contributed by atoms with Crippen LogP contribution in [-0.4, -0.2) is 35.4 Å². The lowest BCUT2D eigenvalue weighted by atomic mass is 10.1. The summed E-state index contributed by atoms with van der Waals surface area (Å²) >= 11 is 0. The number of ether oxygens (including phenoxy) is 1. The summed E-state index contributed by atoms with van der Waals surface area (Å²) in [6.07, 6.45) is -3.44. The first-order chi connectivity index (χ1) is 15.8. The van der Waals surface area contributed by atoms with Crippen molar-refractivity contribution in [1.82, 2.24) is 15.3 Å². The molecular weight excluding hydrogens is 444 g/mol. The van der Waals surface area contributed by atoms with Gasteiger partial charge < -0.3 is 20.4 Å². The number of anilines is 1. The largest absolute Gasteiger partial charge is 0.490 e. The maximum absolute atomic E-state index is 13.3. The Bertz CT molecular complexity index is 1210. The number of halogens is 4. The van der Waals surface area contributed by atoms with Crippen LogP contribution in [0.2, 0.25) is 0 Å². The Labute approximate surface area is 185 Å². The van der Waals surface area contributed by atoms with Gasteiger partial charge in [-0.25, -0.2) is 9.37 Å². The van der Waals surface area contributed by atoms with Gasteiger partial charge in [-0.2, -0.15) is 13.2 Å². The third-order valence-electron chi connectivity index (χ3n) is 4.11. The molecule has 0 aliphatic rings. The van der Waals surface area contributed by atoms with Gasteiger partial charge in [-0.1, -0.05) is 12.0 Å². The van der Waals surface area contributed by atoms with Gasteiger partial charge in [0.1, 0.15) is 29.7 Å². The predicted octanol–water partition coefficient (Wildman–Crippen LogP) is 3.35. The number of rotatable bonds is 7. The van der Waals surface area contributed by atoms with E-state index in [0.29, 0.717) is 12.6 Å². The van der Waals surface area contributed by atoms with Crippen molar-refractivity contribution in [3.8, 4) is 29.0 Å². The average Bonchev–Trinajstić information content (AvgIpc) is 3.27. The Balaban J connectivity index is 1.85. The van der Waals surface area contributed by atoms with Crippen LogP contribution in [0, 0.1) is 17.7 Å². The van der Waals surface area contributed by atoms with Crippen molar-refractivity contribution in [3.05, 3.63) is 65.7 Å². The van der Waals surface area contributed by atoms with E-state index in [0.717, 1.165) is 6.07 Å². The first kappa shape index (κ1) is 23.3. The van der Waals surface area contributed by atoms with Gasteiger partial charge in [-0.05, 0) is 36.4 Å². The molecular formula is C22H16F4N4O3. The molecule has 33 heavy (non-hydrogen) atoms. The van der Waals surface area contributed by atoms with E-state index in [1.54, 1.807) is 0 Å². The predicted molar refractivity (Wildman–Crippen MR) is 110 cm³/mol. The number of carbonyl (C=O) groups excluding carboxylic acids is 2. The highest BCUT2D eigenvalue weighted by Crippen LogP contribution is 2.32. The van der Waals surface area contributed by atoms with E-state index >= 15 is 0 Å². The number of carbonyl (C=O) groups is 2. The van der Waals surface area contributed by atoms with Crippen LogP contribution >= 0.6 is 0 Å². The fraction of sp³-hybridized carbons (Fsp3) is 0.136. The number of hydrogen-bond donors (Lipinski definition) is 3. The Hall–Kier alpha value is -4.33. The van der Waals surface area contributed by atoms with E-state index in [9.17, 15) is 27.2 Å². The van der Waals surface area contributed by atoms with Gasteiger partial charge in [0.2, 0.25) is 6.41 Å². The molecule has 0 radical (unpaired) electrons. The van der Waals surface area contributed by atoms with Crippen molar-refractivity contribution in [2.45, 2.75) is 6.18 Å². The molecule has 1 aromatic heterocycles. The molecule has 0 saturated carbocycles. The minimum atomic E-state index is -4.59. The molecule has 0 unspecified atom stereocenters. The molecule has 0 spiro atoms. The fourth-order valence-corrected chi connectivity index (χ4v) is 2.64. The number of aromatic nitrogens is 2. The van der Waals surface area contributed by atoms with E-state index in [1.165, 1.54) is 36.4 Å². The number of aromatic amines is 1. The minimum Gasteiger partial charge on any atom is -0.490 e. The first-order valence-electron chi connectivity index (χ1n) is 9.41. The second kappa shape index (κ2) is 10.3. The van der Waals surface area contributed by atoms with E-state index < -0.39 is 23.6 Å². The normalized spacial score (nSPS) is 10.7. The number of imidazole rings is 1. The summed E-state index contributed by atoms with van der Waals surface area (Å²) in [5.74, 6) is 3.67. The highest BCUT2D eigenvalue weighted by Gasteiger charge is 2.33. The second-order valence-electron chi connectivity index (χ2n) is 6.49. The van der Waals surface area contributed by atoms with E-state index in [2.05, 4.69) is 32.4 Å². The molecule has 0 aliphatic carbocycles. The summed E-state index contributed by atoms with van der Waals surface area (Å²) in [6.45, 7) is 0.250. The number of hydrogen-bond acceptors (Lipinski definition) is 4. The van der Waals surface area contributed by atoms with Crippen LogP contribution in [0.25, 0.3) is 11.4 Å². The van der Waals surface area contributed by atoms with Crippen molar-refractivity contribution < 1.29 is 31.9 Å². The molecule has 3 rings (SSSR count). The van der Waals surface area contributed by atoms with Crippen molar-refractivity contribution in [1.29, 1.82) is 0 Å². The first-order valence-corrected chi connectivity index (χ1v) is 9.41. The number of nitrogens with one attached hydrogen (secondary N) is 3. The number of H-pyrrole nitrogens is 1. The van der Waals surface area contributed by atoms with Crippen LogP contribution in [0.15, 0.2) is 48.7 Å². The third kappa shape index (κ3) is 6.57. The Morgan fingerprint density at radius 2 is 2.03 bits per heavy atom. The van der Waals surface area contributed by atoms with Crippen molar-refractivity contribution in [2.24, 2.45) is 0 Å². The molecule has 3 N–H and O–H groups in total. The Morgan fingerprint density at radius 1 is 1.21 bits per heavy atom. The lowest BCUT2D eigenvalue weighted by molar-refractivity contribution is -0.140. The van der Waals surface area contributed by atoms with Crippen LogP contribution in [0.5, 0.6) is 5.75 Å². The average molecular weight is 460 g/mol. The zero-order valence-electron chi connectivity index (χ0n) is 16.8. The van der Waals surface area contributed by atoms with E-state index in [-0.39, 0.29) is 41.5 Å². The molecule has 0 bridgehead atoms. The highest BCUT2D eigenvalue weighted by atomic mass is 19.4. The van der Waals surface area contributed by atoms with Crippen molar-refractivity contribution in [3.63, 3.8) is 0 Å². The summed E-state index contributed by atoms with van der Waals surface area (Å²) in [4.78, 5) is 28.6. The minimum absolute atomic E-state index is 0.0644. The van der Waals surface area contributed by atoms with Crippen LogP contribution in [-0.2, 0) is 15.8 Å². The molecule has 170 valence electrons. The molecule has 3 aromatic rings. The summed E-state index contributed by atoms with van der Waals surface area (Å²) < 4.78 is 57.4. The highest BCUT2D eigenvalue weighted by molar-refractivity contribution is 6.05. The van der Waals surface area contributed by atoms with Crippen molar-refractivity contribution >= 4 is 18.0 Å².